The minimum absolute atomic E-state index is 0.194. The molecule has 0 spiro atoms. The van der Waals surface area contributed by atoms with E-state index >= 15 is 0 Å². The normalized spacial score (nSPS) is 12.6. The van der Waals surface area contributed by atoms with E-state index in [-0.39, 0.29) is 18.0 Å². The molecule has 0 saturated carbocycles. The summed E-state index contributed by atoms with van der Waals surface area (Å²) >= 11 is 0. The number of nitriles is 1. The Morgan fingerprint density at radius 3 is 2.76 bits per heavy atom. The Labute approximate surface area is 143 Å². The average Bonchev–Trinajstić information content (AvgIpc) is 3.00. The zero-order valence-corrected chi connectivity index (χ0v) is 13.6. The summed E-state index contributed by atoms with van der Waals surface area (Å²) in [6.07, 6.45) is -1.31. The van der Waals surface area contributed by atoms with Crippen molar-refractivity contribution in [1.82, 2.24) is 4.98 Å². The number of carbonyl (C=O) groups excluding carboxylic acids is 1. The van der Waals surface area contributed by atoms with Gasteiger partial charge in [-0.3, -0.25) is 9.79 Å². The van der Waals surface area contributed by atoms with Crippen LogP contribution >= 0.6 is 0 Å². The summed E-state index contributed by atoms with van der Waals surface area (Å²) in [5.74, 6) is -0.460. The lowest BCUT2D eigenvalue weighted by Crippen LogP contribution is -2.17. The Morgan fingerprint density at radius 2 is 2.08 bits per heavy atom. The van der Waals surface area contributed by atoms with Gasteiger partial charge >= 0.3 is 0 Å². The first kappa shape index (κ1) is 16.7. The number of hydrogen-bond donors (Lipinski definition) is 1. The molecule has 1 amide bonds. The van der Waals surface area contributed by atoms with Crippen LogP contribution in [0.4, 0.5) is 14.5 Å². The number of pyridine rings is 1. The van der Waals surface area contributed by atoms with E-state index in [1.807, 2.05) is 6.07 Å². The van der Waals surface area contributed by atoms with E-state index in [0.29, 0.717) is 33.5 Å². The zero-order chi connectivity index (χ0) is 18.1. The van der Waals surface area contributed by atoms with Gasteiger partial charge in [-0.15, -0.1) is 0 Å². The van der Waals surface area contributed by atoms with E-state index in [2.05, 4.69) is 15.3 Å². The van der Waals surface area contributed by atoms with Gasteiger partial charge in [0.25, 0.3) is 12.3 Å². The van der Waals surface area contributed by atoms with Crippen molar-refractivity contribution < 1.29 is 13.6 Å². The average molecular weight is 340 g/mol. The van der Waals surface area contributed by atoms with Crippen molar-refractivity contribution in [3.8, 4) is 6.07 Å². The molecule has 0 aliphatic carbocycles. The van der Waals surface area contributed by atoms with Crippen LogP contribution in [-0.2, 0) is 6.54 Å². The summed E-state index contributed by atoms with van der Waals surface area (Å²) in [6.45, 7) is 3.67. The molecule has 25 heavy (non-hydrogen) atoms. The Kier molecular flexibility index (Phi) is 4.28. The lowest BCUT2D eigenvalue weighted by Gasteiger charge is -2.11. The predicted octanol–water partition coefficient (Wildman–Crippen LogP) is 3.39. The lowest BCUT2D eigenvalue weighted by atomic mass is 10.0. The number of nitrogens with one attached hydrogen (secondary N) is 1. The third-order valence-electron chi connectivity index (χ3n) is 4.25. The fraction of sp³-hybridized carbons (Fsp3) is 0.222. The minimum atomic E-state index is -2.66. The summed E-state index contributed by atoms with van der Waals surface area (Å²) in [7, 11) is 0. The van der Waals surface area contributed by atoms with Gasteiger partial charge in [-0.25, -0.2) is 13.8 Å². The third-order valence-corrected chi connectivity index (χ3v) is 4.25. The monoisotopic (exact) mass is 340 g/mol. The molecule has 0 unspecified atom stereocenters. The molecule has 126 valence electrons. The smallest absolute Gasteiger partial charge is 0.280 e. The number of halogens is 2. The molecular formula is C18H14F2N4O. The molecule has 1 aromatic carbocycles. The van der Waals surface area contributed by atoms with Gasteiger partial charge in [0.05, 0.1) is 12.1 Å². The number of alkyl halides is 2. The Morgan fingerprint density at radius 1 is 1.32 bits per heavy atom. The topological polar surface area (TPSA) is 78.1 Å². The number of aromatic nitrogens is 1. The lowest BCUT2D eigenvalue weighted by molar-refractivity contribution is 0.102. The first-order valence-electron chi connectivity index (χ1n) is 7.55. The second-order valence-electron chi connectivity index (χ2n) is 5.71. The van der Waals surface area contributed by atoms with Crippen molar-refractivity contribution in [3.63, 3.8) is 0 Å². The van der Waals surface area contributed by atoms with Crippen LogP contribution in [0, 0.1) is 25.2 Å². The number of fused-ring (bicyclic) bond motifs is 1. The van der Waals surface area contributed by atoms with Crippen LogP contribution in [-0.4, -0.2) is 23.0 Å². The summed E-state index contributed by atoms with van der Waals surface area (Å²) in [6, 6.07) is 6.83. The van der Waals surface area contributed by atoms with Crippen molar-refractivity contribution in [2.24, 2.45) is 4.99 Å². The highest BCUT2D eigenvalue weighted by atomic mass is 19.3. The van der Waals surface area contributed by atoms with E-state index in [9.17, 15) is 13.6 Å². The van der Waals surface area contributed by atoms with Gasteiger partial charge in [0.15, 0.2) is 0 Å². The van der Waals surface area contributed by atoms with Crippen LogP contribution in [0.3, 0.4) is 0 Å². The van der Waals surface area contributed by atoms with Gasteiger partial charge in [0, 0.05) is 17.4 Å². The minimum Gasteiger partial charge on any atom is -0.321 e. The molecule has 2 heterocycles. The number of hydrogen-bond acceptors (Lipinski definition) is 4. The quantitative estimate of drug-likeness (QED) is 0.930. The molecule has 1 N–H and O–H groups in total. The molecular weight excluding hydrogens is 326 g/mol. The van der Waals surface area contributed by atoms with Crippen molar-refractivity contribution in [3.05, 3.63) is 57.9 Å². The number of carbonyl (C=O) groups is 1. The van der Waals surface area contributed by atoms with Crippen molar-refractivity contribution in [2.45, 2.75) is 26.8 Å². The maximum atomic E-state index is 13.0. The highest BCUT2D eigenvalue weighted by Gasteiger charge is 2.24. The zero-order valence-electron chi connectivity index (χ0n) is 13.6. The largest absolute Gasteiger partial charge is 0.321 e. The fourth-order valence-electron chi connectivity index (χ4n) is 2.71. The highest BCUT2D eigenvalue weighted by Crippen LogP contribution is 2.26. The third kappa shape index (κ3) is 2.98. The number of aliphatic imine (C=N–C) groups is 1. The number of anilines is 1. The van der Waals surface area contributed by atoms with Crippen LogP contribution in [0.1, 0.15) is 38.3 Å². The van der Waals surface area contributed by atoms with Crippen molar-refractivity contribution in [1.29, 1.82) is 5.26 Å². The predicted molar refractivity (Wildman–Crippen MR) is 89.1 cm³/mol. The van der Waals surface area contributed by atoms with Gasteiger partial charge in [0.2, 0.25) is 0 Å². The molecule has 3 rings (SSSR count). The number of amides is 1. The first-order valence-corrected chi connectivity index (χ1v) is 7.55. The Hall–Kier alpha value is -3.14. The molecule has 1 aliphatic rings. The van der Waals surface area contributed by atoms with Crippen LogP contribution in [0.25, 0.3) is 0 Å². The SMILES string of the molecule is Cc1c(C#N)cnc(C(=O)Nc2ccc3c(c2)C(C(F)F)=NC3)c1C. The number of nitrogens with zero attached hydrogens (tertiary/aromatic N) is 3. The summed E-state index contributed by atoms with van der Waals surface area (Å²) in [5, 5.41) is 11.7. The molecule has 0 fully saturated rings. The maximum Gasteiger partial charge on any atom is 0.280 e. The van der Waals surface area contributed by atoms with Crippen molar-refractivity contribution in [2.75, 3.05) is 5.32 Å². The van der Waals surface area contributed by atoms with E-state index in [4.69, 9.17) is 5.26 Å². The standard InChI is InChI=1S/C18H14F2N4O/c1-9-10(2)15(22-8-12(9)6-21)18(25)24-13-4-3-11-7-23-16(17(19)20)14(11)5-13/h3-5,8,17H,7H2,1-2H3,(H,24,25). The van der Waals surface area contributed by atoms with Gasteiger partial charge in [-0.05, 0) is 42.7 Å². The molecule has 1 aromatic heterocycles. The molecule has 2 aromatic rings. The van der Waals surface area contributed by atoms with E-state index in [1.165, 1.54) is 12.3 Å². The molecule has 7 heteroatoms. The molecule has 0 saturated heterocycles. The van der Waals surface area contributed by atoms with Crippen LogP contribution < -0.4 is 5.32 Å². The second kappa shape index (κ2) is 6.40. The van der Waals surface area contributed by atoms with E-state index in [1.54, 1.807) is 26.0 Å². The summed E-state index contributed by atoms with van der Waals surface area (Å²) < 4.78 is 26.0. The van der Waals surface area contributed by atoms with Gasteiger partial charge in [0.1, 0.15) is 17.5 Å². The molecule has 0 radical (unpaired) electrons. The van der Waals surface area contributed by atoms with Crippen LogP contribution in [0.15, 0.2) is 29.4 Å². The maximum absolute atomic E-state index is 13.0. The summed E-state index contributed by atoms with van der Waals surface area (Å²) in [4.78, 5) is 20.3. The van der Waals surface area contributed by atoms with Gasteiger partial charge in [-0.2, -0.15) is 5.26 Å². The summed E-state index contributed by atoms with van der Waals surface area (Å²) in [5.41, 5.74) is 3.09. The molecule has 0 atom stereocenters. The Bertz CT molecular complexity index is 945. The molecule has 0 bridgehead atoms. The fourth-order valence-corrected chi connectivity index (χ4v) is 2.71. The molecule has 1 aliphatic heterocycles. The van der Waals surface area contributed by atoms with Crippen LogP contribution in [0.2, 0.25) is 0 Å². The first-order chi connectivity index (χ1) is 11.9. The van der Waals surface area contributed by atoms with Crippen molar-refractivity contribution >= 4 is 17.3 Å². The van der Waals surface area contributed by atoms with E-state index < -0.39 is 12.3 Å². The second-order valence-corrected chi connectivity index (χ2v) is 5.71. The van der Waals surface area contributed by atoms with E-state index in [0.717, 1.165) is 0 Å². The Balaban J connectivity index is 1.88. The highest BCUT2D eigenvalue weighted by molar-refractivity contribution is 6.08. The van der Waals surface area contributed by atoms with Gasteiger partial charge in [-0.1, -0.05) is 6.07 Å². The number of rotatable bonds is 3. The van der Waals surface area contributed by atoms with Crippen LogP contribution in [0.5, 0.6) is 0 Å². The molecule has 5 nitrogen and oxygen atoms in total. The van der Waals surface area contributed by atoms with Gasteiger partial charge < -0.3 is 5.32 Å². The number of benzene rings is 1.